The van der Waals surface area contributed by atoms with Crippen LogP contribution < -0.4 is 21.3 Å². The number of amides is 4. The Kier molecular flexibility index (Phi) is 38.1. The number of nitrogens with one attached hydrogen (secondary N) is 4. The zero-order chi connectivity index (χ0) is 100. The van der Waals surface area contributed by atoms with E-state index in [1.54, 1.807) is 0 Å². The Morgan fingerprint density at radius 2 is 0.441 bits per heavy atom. The first kappa shape index (κ1) is 110. The molecule has 780 valence electrons. The largest absolute Gasteiger partial charge is 0.479 e. The molecule has 0 unspecified atom stereocenters. The third-order valence-electron chi connectivity index (χ3n) is 24.1. The molecule has 0 aliphatic carbocycles. The van der Waals surface area contributed by atoms with Crippen molar-refractivity contribution in [1.29, 1.82) is 0 Å². The summed E-state index contributed by atoms with van der Waals surface area (Å²) in [5, 5.41) is 341. The van der Waals surface area contributed by atoms with Crippen LogP contribution >= 0.6 is 0 Å². The average molecular weight is 1990 g/mol. The van der Waals surface area contributed by atoms with Crippen molar-refractivity contribution in [1.82, 2.24) is 21.3 Å². The molecule has 11 aliphatic rings. The first-order chi connectivity index (χ1) is 64.1. The molecule has 0 radical (unpaired) electrons. The third-order valence-corrected chi connectivity index (χ3v) is 24.1. The van der Waals surface area contributed by atoms with Crippen molar-refractivity contribution in [2.75, 3.05) is 46.2 Å². The number of hydrogen-bond donors (Lipinski definition) is 34. The summed E-state index contributed by atoms with van der Waals surface area (Å²) in [7, 11) is 0. The fourth-order valence-corrected chi connectivity index (χ4v) is 17.1. The molecule has 63 heteroatoms. The number of ether oxygens (including phenoxy) is 21. The second-order valence-corrected chi connectivity index (χ2v) is 33.4. The summed E-state index contributed by atoms with van der Waals surface area (Å²) in [5.74, 6) is -12.7. The summed E-state index contributed by atoms with van der Waals surface area (Å²) < 4.78 is 119. The van der Waals surface area contributed by atoms with Crippen LogP contribution in [0.1, 0.15) is 27.7 Å². The van der Waals surface area contributed by atoms with Gasteiger partial charge in [-0.2, -0.15) is 0 Å². The van der Waals surface area contributed by atoms with Crippen LogP contribution in [0.2, 0.25) is 0 Å². The molecule has 0 aromatic rings. The summed E-state index contributed by atoms with van der Waals surface area (Å²) in [6.07, 6.45) is -116. The van der Waals surface area contributed by atoms with Gasteiger partial charge in [0.25, 0.3) is 0 Å². The van der Waals surface area contributed by atoms with Gasteiger partial charge in [-0.25, -0.2) is 19.2 Å². The summed E-state index contributed by atoms with van der Waals surface area (Å²) in [5.41, 5.74) is 0. The second-order valence-electron chi connectivity index (χ2n) is 33.4. The highest BCUT2D eigenvalue weighted by molar-refractivity contribution is 5.76. The maximum Gasteiger partial charge on any atom is 0.335 e. The van der Waals surface area contributed by atoms with E-state index in [1.165, 1.54) is 0 Å². The molecule has 54 atom stereocenters. The van der Waals surface area contributed by atoms with Crippen molar-refractivity contribution in [3.05, 3.63) is 0 Å². The molecular weight excluding hydrogens is 1880 g/mol. The van der Waals surface area contributed by atoms with Crippen LogP contribution in [0.4, 0.5) is 0 Å². The first-order valence-electron chi connectivity index (χ1n) is 42.0. The maximum atomic E-state index is 13.4. The smallest absolute Gasteiger partial charge is 0.335 e. The van der Waals surface area contributed by atoms with E-state index in [0.717, 1.165) is 27.7 Å². The van der Waals surface area contributed by atoms with Crippen LogP contribution in [0.5, 0.6) is 0 Å². The molecule has 0 bridgehead atoms. The van der Waals surface area contributed by atoms with Gasteiger partial charge in [-0.15, -0.1) is 0 Å². The highest BCUT2D eigenvalue weighted by atomic mass is 16.8. The Morgan fingerprint density at radius 1 is 0.228 bits per heavy atom. The normalized spacial score (nSPS) is 48.5. The first-order valence-corrected chi connectivity index (χ1v) is 42.0. The molecule has 4 amide bonds. The average Bonchev–Trinajstić information content (AvgIpc) is 0.770. The fourth-order valence-electron chi connectivity index (χ4n) is 17.1. The van der Waals surface area contributed by atoms with Crippen LogP contribution in [0.3, 0.4) is 0 Å². The predicted molar refractivity (Wildman–Crippen MR) is 405 cm³/mol. The van der Waals surface area contributed by atoms with Gasteiger partial charge in [-0.1, -0.05) is 0 Å². The van der Waals surface area contributed by atoms with Gasteiger partial charge in [0.1, 0.15) is 238 Å². The van der Waals surface area contributed by atoms with E-state index in [9.17, 15) is 192 Å². The molecule has 11 saturated heterocycles. The van der Waals surface area contributed by atoms with E-state index in [-0.39, 0.29) is 0 Å². The monoisotopic (exact) mass is 1990 g/mol. The number of aliphatic carboxylic acids is 4. The lowest BCUT2D eigenvalue weighted by Gasteiger charge is -2.51. The summed E-state index contributed by atoms with van der Waals surface area (Å²) >= 11 is 0. The highest BCUT2D eigenvalue weighted by Gasteiger charge is 2.65. The zero-order valence-corrected chi connectivity index (χ0v) is 71.4. The Bertz CT molecular complexity index is 3960. The minimum Gasteiger partial charge on any atom is -0.479 e. The molecule has 11 fully saturated rings. The van der Waals surface area contributed by atoms with Gasteiger partial charge in [0.2, 0.25) is 23.6 Å². The van der Waals surface area contributed by atoms with E-state index >= 15 is 0 Å². The van der Waals surface area contributed by atoms with E-state index in [0.29, 0.717) is 0 Å². The summed E-state index contributed by atoms with van der Waals surface area (Å²) in [6, 6.07) is -8.32. The summed E-state index contributed by atoms with van der Waals surface area (Å²) in [6.45, 7) is -4.37. The lowest BCUT2D eigenvalue weighted by Crippen LogP contribution is -2.72. The zero-order valence-electron chi connectivity index (χ0n) is 71.4. The van der Waals surface area contributed by atoms with Gasteiger partial charge < -0.3 is 274 Å². The molecule has 11 aliphatic heterocycles. The lowest BCUT2D eigenvalue weighted by molar-refractivity contribution is -0.390. The molecule has 11 heterocycles. The summed E-state index contributed by atoms with van der Waals surface area (Å²) in [4.78, 5) is 104. The number of carbonyl (C=O) groups excluding carboxylic acids is 4. The van der Waals surface area contributed by atoms with Gasteiger partial charge in [0, 0.05) is 27.7 Å². The third kappa shape index (κ3) is 23.7. The fraction of sp³-hybridized carbons (Fsp3) is 0.890. The van der Waals surface area contributed by atoms with Gasteiger partial charge in [0.15, 0.2) is 93.6 Å². The molecule has 0 aromatic carbocycles. The van der Waals surface area contributed by atoms with Crippen LogP contribution in [-0.2, 0) is 138 Å². The van der Waals surface area contributed by atoms with Gasteiger partial charge in [-0.3, -0.25) is 19.2 Å². The molecule has 34 N–H and O–H groups in total. The number of rotatable bonds is 34. The Balaban J connectivity index is 0.775. The van der Waals surface area contributed by atoms with Crippen LogP contribution in [-0.4, -0.2) is 578 Å². The van der Waals surface area contributed by atoms with Gasteiger partial charge >= 0.3 is 23.9 Å². The topological polar surface area (TPSA) is 985 Å². The SMILES string of the molecule is CC(=O)N[C@H]1[C@H](O[C@H]2[C@H](O)[C@@H](O)[C@H](O[C@H]3[C@@H](O)[C@@H](CO)O[C@@H](O[C@H]4[C@H](O)[C@@H](O)[C@H](O[C@H]5[C@@H](O)[C@@H](CO)O[C@@H](O[C@H]6[C@H](O)[C@@H](O)[C@H](O[C@H]7[C@@H](O)[C@@H](CO)O[C@@H](O[C@H]8[C@H](O)[C@@H](O)[C@H](O[C@H]9[C@@H](O)[C@@H](CO)O[C@@H](O[C@H]%10[C@@H](O)[C@@H](CO)O[C@@H](O[C@@H]%11CO[C@H](O)[C@H](O)[C@H]%11O)[C@@H]%10O)[C@@H]9O)O[C@@H]8C(=O)O)[C@@H]7NC(C)=O)O[C@@H]6C(=O)O)[C@@H]5NC(C)=O)O[C@@H]4C(=O)O)[C@@H]3NC(C)=O)O[C@@H]2C(=O)O)O[C@H](CO)[C@H](O)[C@@H]1O. The minimum atomic E-state index is -2.74. The van der Waals surface area contributed by atoms with Crippen LogP contribution in [0.25, 0.3) is 0 Å². The van der Waals surface area contributed by atoms with Gasteiger partial charge in [-0.05, 0) is 0 Å². The second kappa shape index (κ2) is 46.9. The number of aliphatic hydroxyl groups is 26. The van der Waals surface area contributed by atoms with Crippen molar-refractivity contribution in [2.45, 2.75) is 359 Å². The van der Waals surface area contributed by atoms with Crippen molar-refractivity contribution >= 4 is 47.5 Å². The molecule has 0 aromatic heterocycles. The minimum absolute atomic E-state index is 0.631. The van der Waals surface area contributed by atoms with E-state index < -0.39 is 425 Å². The molecule has 0 spiro atoms. The maximum absolute atomic E-state index is 13.4. The van der Waals surface area contributed by atoms with Crippen LogP contribution in [0, 0.1) is 0 Å². The Hall–Kier alpha value is -6.12. The number of hydrogen-bond acceptors (Lipinski definition) is 55. The van der Waals surface area contributed by atoms with Crippen LogP contribution in [0.15, 0.2) is 0 Å². The number of carbonyl (C=O) groups is 8. The van der Waals surface area contributed by atoms with E-state index in [4.69, 9.17) is 99.5 Å². The molecule has 11 rings (SSSR count). The highest BCUT2D eigenvalue weighted by Crippen LogP contribution is 2.42. The standard InChI is InChI=1S/C73H114N4O59/c1-12(84)74-23-34(95)27(88)16(5-78)117-64(23)129-51-35(96)40(101)68(133-55(51)59(107)108)124-46-24(75-13(2)85)65(118-17(6-79)29(46)90)130-52-36(97)41(102)69(134-56(52)60(109)110)125-47-25(76-14(3)86)66(119-18(7-80)30(47)91)131-53-37(98)42(103)70(135-57(53)61(111)112)126-48-26(77-15(4)87)67(120-19(8-81)31(48)92)132-54-38(99)43(104)71(136-58(54)62(113)114)127-50-33(94)21(10-83)122-73(45(50)106)128-49-32(93)20(9-82)121-72(44(49)105)123-22-11-116-63(115)39(100)28(22)89/h16-58,63-73,78-83,88-106,115H,5-11H2,1-4H3,(H,74,84)(H,75,85)(H,76,86)(H,77,87)(H,107,108)(H,109,110)(H,111,112)(H,113,114)/t16-,17-,18-,19-,20-,21-,22-,23-,24-,25-,26-,27+,28+,29+,30+,31+,32+,33+,34-,35-,36-,37-,38-,39-,40-,41-,42-,43-,44-,45-,46-,47-,48-,49+,50+,51+,52+,53+,54+,55+,56+,57+,58+,63+,64+,65+,66+,67+,68-,69-,70-,71-,72+,73+/m1/s1. The quantitative estimate of drug-likeness (QED) is 0.0284. The van der Waals surface area contributed by atoms with Gasteiger partial charge in [0.05, 0.1) is 46.2 Å². The molecule has 63 nitrogen and oxygen atoms in total. The van der Waals surface area contributed by atoms with Crippen molar-refractivity contribution in [3.8, 4) is 0 Å². The molecular formula is C73H114N4O59. The number of carboxylic acids is 4. The van der Waals surface area contributed by atoms with E-state index in [2.05, 4.69) is 21.3 Å². The van der Waals surface area contributed by atoms with Crippen molar-refractivity contribution in [3.63, 3.8) is 0 Å². The van der Waals surface area contributed by atoms with Crippen molar-refractivity contribution in [2.24, 2.45) is 0 Å². The van der Waals surface area contributed by atoms with E-state index in [1.807, 2.05) is 0 Å². The molecule has 136 heavy (non-hydrogen) atoms. The lowest BCUT2D eigenvalue weighted by atomic mass is 9.93. The van der Waals surface area contributed by atoms with Crippen molar-refractivity contribution < 1.29 is 291 Å². The molecule has 0 saturated carbocycles. The number of aliphatic hydroxyl groups excluding tert-OH is 26. The predicted octanol–water partition coefficient (Wildman–Crippen LogP) is -23.4. The Morgan fingerprint density at radius 3 is 0.699 bits per heavy atom. The Labute approximate surface area is 763 Å². The number of carboxylic acid groups (broad SMARTS) is 4.